The lowest BCUT2D eigenvalue weighted by atomic mass is 10.1. The van der Waals surface area contributed by atoms with E-state index in [1.807, 2.05) is 0 Å². The number of nitrogen functional groups attached to an aromatic ring is 1. The minimum absolute atomic E-state index is 0.0523. The second-order valence-electron chi connectivity index (χ2n) is 5.14. The van der Waals surface area contributed by atoms with Crippen LogP contribution in [0.4, 0.5) is 19.0 Å². The molecule has 3 aromatic rings. The number of aryl methyl sites for hydroxylation is 2. The number of pyridine rings is 1. The lowest BCUT2D eigenvalue weighted by Gasteiger charge is -2.10. The Bertz CT molecular complexity index is 920. The molecule has 0 atom stereocenters. The van der Waals surface area contributed by atoms with Gasteiger partial charge in [0.05, 0.1) is 17.6 Å². The van der Waals surface area contributed by atoms with Crippen molar-refractivity contribution in [2.45, 2.75) is 19.1 Å². The van der Waals surface area contributed by atoms with Crippen LogP contribution < -0.4 is 11.3 Å². The van der Waals surface area contributed by atoms with E-state index in [-0.39, 0.29) is 11.2 Å². The Labute approximate surface area is 127 Å². The number of anilines is 1. The Kier molecular flexibility index (Phi) is 3.38. The zero-order valence-corrected chi connectivity index (χ0v) is 12.1. The molecule has 3 rings (SSSR count). The van der Waals surface area contributed by atoms with Gasteiger partial charge in [-0.1, -0.05) is 0 Å². The Morgan fingerprint density at radius 1 is 1.39 bits per heavy atom. The zero-order valence-electron chi connectivity index (χ0n) is 12.1. The number of aromatic amines is 1. The summed E-state index contributed by atoms with van der Waals surface area (Å²) in [6, 6.07) is 1.68. The second kappa shape index (κ2) is 5.14. The number of nitrogens with one attached hydrogen (secondary N) is 1. The number of rotatable bonds is 3. The van der Waals surface area contributed by atoms with Gasteiger partial charge in [0.25, 0.3) is 5.56 Å². The van der Waals surface area contributed by atoms with Crippen LogP contribution >= 0.6 is 0 Å². The normalized spacial score (nSPS) is 12.2. The SMILES string of the molecule is Cn1ccc(-c2cn(CCC(F)(F)F)c(=O)c3c(N)n[nH]c23)n1. The molecule has 3 aromatic heterocycles. The van der Waals surface area contributed by atoms with Gasteiger partial charge in [-0.25, -0.2) is 0 Å². The fraction of sp³-hybridized carbons (Fsp3) is 0.308. The third kappa shape index (κ3) is 2.79. The van der Waals surface area contributed by atoms with Gasteiger partial charge in [-0.15, -0.1) is 0 Å². The molecule has 0 aliphatic rings. The largest absolute Gasteiger partial charge is 0.390 e. The van der Waals surface area contributed by atoms with Gasteiger partial charge in [0, 0.05) is 31.5 Å². The summed E-state index contributed by atoms with van der Waals surface area (Å²) in [5.41, 5.74) is 6.38. The molecule has 0 spiro atoms. The summed E-state index contributed by atoms with van der Waals surface area (Å²) < 4.78 is 39.9. The van der Waals surface area contributed by atoms with Crippen molar-refractivity contribution in [1.82, 2.24) is 24.5 Å². The van der Waals surface area contributed by atoms with Crippen molar-refractivity contribution in [3.05, 3.63) is 28.8 Å². The smallest absolute Gasteiger partial charge is 0.382 e. The highest BCUT2D eigenvalue weighted by molar-refractivity contribution is 5.97. The Balaban J connectivity index is 2.19. The average Bonchev–Trinajstić information content (AvgIpc) is 3.04. The van der Waals surface area contributed by atoms with Crippen LogP contribution in [0, 0.1) is 0 Å². The molecular weight excluding hydrogens is 313 g/mol. The summed E-state index contributed by atoms with van der Waals surface area (Å²) in [5, 5.41) is 10.7. The number of aromatic nitrogens is 5. The first-order valence-corrected chi connectivity index (χ1v) is 6.70. The molecular formula is C13H13F3N6O. The number of halogens is 3. The zero-order chi connectivity index (χ0) is 16.8. The standard InChI is InChI=1S/C13H13F3N6O/c1-21-4-2-8(20-21)7-6-22(5-3-13(14,15)16)12(23)9-10(7)18-19-11(9)17/h2,4,6H,3,5H2,1H3,(H3,17,18,19). The molecule has 0 bridgehead atoms. The topological polar surface area (TPSA) is 94.5 Å². The van der Waals surface area contributed by atoms with Crippen LogP contribution in [0.5, 0.6) is 0 Å². The lowest BCUT2D eigenvalue weighted by molar-refractivity contribution is -0.136. The van der Waals surface area contributed by atoms with E-state index in [2.05, 4.69) is 15.3 Å². The van der Waals surface area contributed by atoms with Gasteiger partial charge in [0.1, 0.15) is 5.39 Å². The molecule has 0 amide bonds. The molecule has 3 N–H and O–H groups in total. The molecule has 0 saturated carbocycles. The van der Waals surface area contributed by atoms with E-state index in [9.17, 15) is 18.0 Å². The number of nitrogens with zero attached hydrogens (tertiary/aromatic N) is 4. The highest BCUT2D eigenvalue weighted by Gasteiger charge is 2.27. The number of nitrogens with two attached hydrogens (primary N) is 1. The van der Waals surface area contributed by atoms with Crippen molar-refractivity contribution in [3.8, 4) is 11.3 Å². The number of H-pyrrole nitrogens is 1. The first-order valence-electron chi connectivity index (χ1n) is 6.70. The number of hydrogen-bond donors (Lipinski definition) is 2. The van der Waals surface area contributed by atoms with Crippen LogP contribution in [0.15, 0.2) is 23.3 Å². The minimum Gasteiger partial charge on any atom is -0.382 e. The van der Waals surface area contributed by atoms with Gasteiger partial charge >= 0.3 is 6.18 Å². The van der Waals surface area contributed by atoms with Gasteiger partial charge in [-0.05, 0) is 6.07 Å². The van der Waals surface area contributed by atoms with Crippen molar-refractivity contribution in [1.29, 1.82) is 0 Å². The van der Waals surface area contributed by atoms with Crippen molar-refractivity contribution < 1.29 is 13.2 Å². The average molecular weight is 326 g/mol. The monoisotopic (exact) mass is 326 g/mol. The van der Waals surface area contributed by atoms with Crippen LogP contribution in [0.3, 0.4) is 0 Å². The fourth-order valence-corrected chi connectivity index (χ4v) is 2.36. The number of fused-ring (bicyclic) bond motifs is 1. The van der Waals surface area contributed by atoms with Gasteiger partial charge in [-0.2, -0.15) is 23.4 Å². The van der Waals surface area contributed by atoms with E-state index in [4.69, 9.17) is 5.73 Å². The third-order valence-electron chi connectivity index (χ3n) is 3.45. The van der Waals surface area contributed by atoms with Crippen LogP contribution in [0.25, 0.3) is 22.2 Å². The van der Waals surface area contributed by atoms with Gasteiger partial charge in [-0.3, -0.25) is 14.6 Å². The van der Waals surface area contributed by atoms with E-state index >= 15 is 0 Å². The number of alkyl halides is 3. The maximum atomic E-state index is 12.5. The van der Waals surface area contributed by atoms with Gasteiger partial charge in [0.2, 0.25) is 0 Å². The van der Waals surface area contributed by atoms with Crippen LogP contribution in [0.1, 0.15) is 6.42 Å². The van der Waals surface area contributed by atoms with Crippen molar-refractivity contribution in [2.24, 2.45) is 7.05 Å². The predicted molar refractivity (Wildman–Crippen MR) is 77.6 cm³/mol. The van der Waals surface area contributed by atoms with Crippen LogP contribution in [0.2, 0.25) is 0 Å². The predicted octanol–water partition coefficient (Wildman–Crippen LogP) is 1.66. The third-order valence-corrected chi connectivity index (χ3v) is 3.45. The van der Waals surface area contributed by atoms with Gasteiger partial charge in [0.15, 0.2) is 5.82 Å². The molecule has 7 nitrogen and oxygen atoms in total. The maximum Gasteiger partial charge on any atom is 0.390 e. The lowest BCUT2D eigenvalue weighted by Crippen LogP contribution is -2.23. The van der Waals surface area contributed by atoms with Crippen molar-refractivity contribution in [3.63, 3.8) is 0 Å². The molecule has 23 heavy (non-hydrogen) atoms. The first kappa shape index (κ1) is 15.1. The van der Waals surface area contributed by atoms with Crippen LogP contribution in [-0.4, -0.2) is 30.7 Å². The quantitative estimate of drug-likeness (QED) is 0.765. The van der Waals surface area contributed by atoms with E-state index in [0.29, 0.717) is 16.8 Å². The molecule has 0 aliphatic carbocycles. The van der Waals surface area contributed by atoms with E-state index in [1.54, 1.807) is 24.0 Å². The Hall–Kier alpha value is -2.78. The summed E-state index contributed by atoms with van der Waals surface area (Å²) in [5.74, 6) is -0.0523. The summed E-state index contributed by atoms with van der Waals surface area (Å²) in [7, 11) is 1.71. The van der Waals surface area contributed by atoms with Crippen LogP contribution in [-0.2, 0) is 13.6 Å². The Morgan fingerprint density at radius 3 is 2.74 bits per heavy atom. The maximum absolute atomic E-state index is 12.5. The molecule has 0 aromatic carbocycles. The van der Waals surface area contributed by atoms with Crippen molar-refractivity contribution in [2.75, 3.05) is 5.73 Å². The summed E-state index contributed by atoms with van der Waals surface area (Å²) in [4.78, 5) is 12.3. The molecule has 0 aliphatic heterocycles. The highest BCUT2D eigenvalue weighted by Crippen LogP contribution is 2.27. The summed E-state index contributed by atoms with van der Waals surface area (Å²) >= 11 is 0. The molecule has 122 valence electrons. The summed E-state index contributed by atoms with van der Waals surface area (Å²) in [6.07, 6.45) is -2.44. The molecule has 0 saturated heterocycles. The van der Waals surface area contributed by atoms with Crippen molar-refractivity contribution >= 4 is 16.7 Å². The first-order chi connectivity index (χ1) is 10.8. The van der Waals surface area contributed by atoms with E-state index in [0.717, 1.165) is 4.57 Å². The molecule has 10 heteroatoms. The molecule has 0 radical (unpaired) electrons. The second-order valence-corrected chi connectivity index (χ2v) is 5.14. The van der Waals surface area contributed by atoms with E-state index < -0.39 is 24.7 Å². The molecule has 3 heterocycles. The van der Waals surface area contributed by atoms with Gasteiger partial charge < -0.3 is 10.3 Å². The van der Waals surface area contributed by atoms with E-state index in [1.165, 1.54) is 6.20 Å². The molecule has 0 fully saturated rings. The fourth-order valence-electron chi connectivity index (χ4n) is 2.36. The minimum atomic E-state index is -4.36. The molecule has 0 unspecified atom stereocenters. The highest BCUT2D eigenvalue weighted by atomic mass is 19.4. The Morgan fingerprint density at radius 2 is 2.13 bits per heavy atom. The summed E-state index contributed by atoms with van der Waals surface area (Å²) in [6.45, 7) is -0.497. The number of hydrogen-bond acceptors (Lipinski definition) is 4.